The minimum absolute atomic E-state index is 0.254. The normalized spacial score (nSPS) is 11.2. The van der Waals surface area contributed by atoms with E-state index in [2.05, 4.69) is 25.6 Å². The fraction of sp³-hybridized carbons (Fsp3) is 0.200. The molecule has 0 atom stereocenters. The number of carbonyl (C=O) groups excluding carboxylic acids is 1. The lowest BCUT2D eigenvalue weighted by molar-refractivity contribution is 0.0948. The number of aromatic nitrogens is 4. The first-order valence-corrected chi connectivity index (χ1v) is 8.09. The van der Waals surface area contributed by atoms with Gasteiger partial charge in [-0.15, -0.1) is 0 Å². The minimum atomic E-state index is -0.254. The van der Waals surface area contributed by atoms with Gasteiger partial charge in [-0.3, -0.25) is 4.79 Å². The number of nitrogens with one attached hydrogen (secondary N) is 2. The molecule has 0 saturated carbocycles. The van der Waals surface area contributed by atoms with Crippen LogP contribution in [0.4, 0.5) is 5.82 Å². The molecule has 0 saturated heterocycles. The molecule has 2 N–H and O–H groups in total. The van der Waals surface area contributed by atoms with Crippen molar-refractivity contribution in [3.05, 3.63) is 35.5 Å². The predicted octanol–water partition coefficient (Wildman–Crippen LogP) is 2.14. The third-order valence-electron chi connectivity index (χ3n) is 3.64. The lowest BCUT2D eigenvalue weighted by Gasteiger charge is -2.01. The Kier molecular flexibility index (Phi) is 3.42. The summed E-state index contributed by atoms with van der Waals surface area (Å²) in [4.78, 5) is 26.4. The highest BCUT2D eigenvalue weighted by molar-refractivity contribution is 7.20. The first-order chi connectivity index (χ1) is 11.7. The molecule has 8 nitrogen and oxygen atoms in total. The summed E-state index contributed by atoms with van der Waals surface area (Å²) in [7, 11) is 3.69. The highest BCUT2D eigenvalue weighted by atomic mass is 32.1. The molecular formula is C15H14N6O2S. The van der Waals surface area contributed by atoms with E-state index in [4.69, 9.17) is 4.42 Å². The molecule has 0 aliphatic carbocycles. The van der Waals surface area contributed by atoms with E-state index in [9.17, 15) is 4.79 Å². The van der Waals surface area contributed by atoms with Crippen LogP contribution in [0, 0.1) is 0 Å². The summed E-state index contributed by atoms with van der Waals surface area (Å²) in [5.74, 6) is 1.11. The van der Waals surface area contributed by atoms with Gasteiger partial charge in [-0.25, -0.2) is 15.0 Å². The Morgan fingerprint density at radius 1 is 1.38 bits per heavy atom. The van der Waals surface area contributed by atoms with Crippen LogP contribution in [0.25, 0.3) is 21.4 Å². The molecule has 0 bridgehead atoms. The van der Waals surface area contributed by atoms with Crippen LogP contribution in [0.5, 0.6) is 0 Å². The maximum absolute atomic E-state index is 12.4. The second kappa shape index (κ2) is 5.60. The highest BCUT2D eigenvalue weighted by Gasteiger charge is 2.19. The molecule has 0 aromatic carbocycles. The zero-order valence-electron chi connectivity index (χ0n) is 13.0. The summed E-state index contributed by atoms with van der Waals surface area (Å²) in [5, 5.41) is 6.19. The van der Waals surface area contributed by atoms with Crippen molar-refractivity contribution in [2.75, 3.05) is 12.4 Å². The Morgan fingerprint density at radius 2 is 2.25 bits per heavy atom. The summed E-state index contributed by atoms with van der Waals surface area (Å²) in [5.41, 5.74) is 2.27. The minimum Gasteiger partial charge on any atom is -0.467 e. The average molecular weight is 342 g/mol. The zero-order chi connectivity index (χ0) is 16.7. The molecule has 122 valence electrons. The van der Waals surface area contributed by atoms with Crippen LogP contribution in [0.1, 0.15) is 15.6 Å². The number of fused-ring (bicyclic) bond motifs is 3. The van der Waals surface area contributed by atoms with Crippen LogP contribution in [0.3, 0.4) is 0 Å². The molecule has 0 fully saturated rings. The first-order valence-electron chi connectivity index (χ1n) is 7.27. The van der Waals surface area contributed by atoms with Gasteiger partial charge in [-0.2, -0.15) is 0 Å². The lowest BCUT2D eigenvalue weighted by Crippen LogP contribution is -2.22. The van der Waals surface area contributed by atoms with Crippen LogP contribution in [0.2, 0.25) is 0 Å². The number of furan rings is 1. The van der Waals surface area contributed by atoms with E-state index >= 15 is 0 Å². The zero-order valence-corrected chi connectivity index (χ0v) is 13.8. The van der Waals surface area contributed by atoms with Crippen molar-refractivity contribution >= 4 is 44.4 Å². The number of thiazole rings is 1. The topological polar surface area (TPSA) is 97.9 Å². The number of rotatable bonds is 4. The van der Waals surface area contributed by atoms with Crippen molar-refractivity contribution in [1.82, 2.24) is 24.8 Å². The van der Waals surface area contributed by atoms with Crippen molar-refractivity contribution < 1.29 is 9.21 Å². The van der Waals surface area contributed by atoms with Crippen LogP contribution < -0.4 is 10.6 Å². The fourth-order valence-electron chi connectivity index (χ4n) is 2.51. The van der Waals surface area contributed by atoms with Gasteiger partial charge in [-0.1, -0.05) is 11.3 Å². The van der Waals surface area contributed by atoms with Gasteiger partial charge < -0.3 is 19.6 Å². The lowest BCUT2D eigenvalue weighted by atomic mass is 10.3. The highest BCUT2D eigenvalue weighted by Crippen LogP contribution is 2.30. The van der Waals surface area contributed by atoms with E-state index < -0.39 is 0 Å². The van der Waals surface area contributed by atoms with Gasteiger partial charge in [0.05, 0.1) is 19.1 Å². The summed E-state index contributed by atoms with van der Waals surface area (Å²) in [6.45, 7) is 0.318. The van der Waals surface area contributed by atoms with Crippen molar-refractivity contribution in [2.45, 2.75) is 6.54 Å². The SMILES string of the molecule is CNc1nc2sc(C(=O)NCc3ccco3)nc2c2c1ncn2C. The Bertz CT molecular complexity index is 1030. The Labute approximate surface area is 140 Å². The third kappa shape index (κ3) is 2.29. The van der Waals surface area contributed by atoms with Crippen LogP contribution >= 0.6 is 11.3 Å². The first kappa shape index (κ1) is 14.6. The monoisotopic (exact) mass is 342 g/mol. The van der Waals surface area contributed by atoms with E-state index in [1.54, 1.807) is 31.8 Å². The van der Waals surface area contributed by atoms with Gasteiger partial charge in [0, 0.05) is 14.1 Å². The standard InChI is InChI=1S/C15H14N6O2S/c1-16-12-9-11(21(2)7-18-9)10-14(20-12)24-15(19-10)13(22)17-6-8-4-3-5-23-8/h3-5,7H,6H2,1-2H3,(H,16,20)(H,17,22). The van der Waals surface area contributed by atoms with Gasteiger partial charge in [0.25, 0.3) is 5.91 Å². The molecular weight excluding hydrogens is 328 g/mol. The van der Waals surface area contributed by atoms with Crippen LogP contribution in [-0.2, 0) is 13.6 Å². The summed E-state index contributed by atoms with van der Waals surface area (Å²) >= 11 is 1.25. The molecule has 0 spiro atoms. The number of carbonyl (C=O) groups is 1. The van der Waals surface area contributed by atoms with Crippen molar-refractivity contribution in [3.8, 4) is 0 Å². The van der Waals surface area contributed by atoms with Crippen molar-refractivity contribution in [2.24, 2.45) is 7.05 Å². The van der Waals surface area contributed by atoms with Gasteiger partial charge in [0.1, 0.15) is 27.1 Å². The van der Waals surface area contributed by atoms with E-state index in [0.29, 0.717) is 33.5 Å². The second-order valence-electron chi connectivity index (χ2n) is 5.20. The molecule has 0 radical (unpaired) electrons. The summed E-state index contributed by atoms with van der Waals surface area (Å²) in [6, 6.07) is 3.58. The molecule has 4 rings (SSSR count). The van der Waals surface area contributed by atoms with Crippen molar-refractivity contribution in [3.63, 3.8) is 0 Å². The predicted molar refractivity (Wildman–Crippen MR) is 91.1 cm³/mol. The summed E-state index contributed by atoms with van der Waals surface area (Å²) in [6.07, 6.45) is 3.28. The number of imidazole rings is 1. The van der Waals surface area contributed by atoms with Gasteiger partial charge in [0.15, 0.2) is 10.8 Å². The smallest absolute Gasteiger partial charge is 0.280 e. The van der Waals surface area contributed by atoms with E-state index in [0.717, 1.165) is 11.0 Å². The number of aryl methyl sites for hydroxylation is 1. The van der Waals surface area contributed by atoms with E-state index in [1.165, 1.54) is 11.3 Å². The Hall–Kier alpha value is -2.94. The molecule has 0 unspecified atom stereocenters. The Balaban J connectivity index is 1.73. The molecule has 0 aliphatic rings. The van der Waals surface area contributed by atoms with Crippen LogP contribution in [-0.4, -0.2) is 32.5 Å². The number of nitrogens with zero attached hydrogens (tertiary/aromatic N) is 4. The molecule has 24 heavy (non-hydrogen) atoms. The maximum atomic E-state index is 12.4. The molecule has 4 heterocycles. The van der Waals surface area contributed by atoms with E-state index in [1.807, 2.05) is 11.6 Å². The van der Waals surface area contributed by atoms with Gasteiger partial charge in [-0.05, 0) is 12.1 Å². The number of hydrogen-bond acceptors (Lipinski definition) is 7. The van der Waals surface area contributed by atoms with Gasteiger partial charge in [0.2, 0.25) is 0 Å². The number of hydrogen-bond donors (Lipinski definition) is 2. The fourth-order valence-corrected chi connectivity index (χ4v) is 3.37. The number of amides is 1. The number of anilines is 1. The third-order valence-corrected chi connectivity index (χ3v) is 4.59. The van der Waals surface area contributed by atoms with Gasteiger partial charge >= 0.3 is 0 Å². The average Bonchev–Trinajstić information content (AvgIpc) is 3.31. The molecule has 4 aromatic heterocycles. The molecule has 4 aromatic rings. The summed E-state index contributed by atoms with van der Waals surface area (Å²) < 4.78 is 7.09. The largest absolute Gasteiger partial charge is 0.467 e. The van der Waals surface area contributed by atoms with Crippen molar-refractivity contribution in [1.29, 1.82) is 0 Å². The molecule has 9 heteroatoms. The quantitative estimate of drug-likeness (QED) is 0.590. The molecule has 1 amide bonds. The van der Waals surface area contributed by atoms with E-state index in [-0.39, 0.29) is 5.91 Å². The maximum Gasteiger partial charge on any atom is 0.280 e. The number of pyridine rings is 1. The van der Waals surface area contributed by atoms with Crippen LogP contribution in [0.15, 0.2) is 29.1 Å². The Morgan fingerprint density at radius 3 is 3.00 bits per heavy atom. The molecule has 0 aliphatic heterocycles. The second-order valence-corrected chi connectivity index (χ2v) is 6.18.